The Morgan fingerprint density at radius 1 is 0.963 bits per heavy atom. The summed E-state index contributed by atoms with van der Waals surface area (Å²) >= 11 is 0. The number of carbonyl (C=O) groups is 2. The van der Waals surface area contributed by atoms with Gasteiger partial charge in [0.05, 0.1) is 5.52 Å². The first kappa shape index (κ1) is 17.3. The molecule has 27 heavy (non-hydrogen) atoms. The second kappa shape index (κ2) is 7.23. The van der Waals surface area contributed by atoms with Crippen molar-refractivity contribution in [3.63, 3.8) is 0 Å². The average Bonchev–Trinajstić information content (AvgIpc) is 3.13. The Kier molecular flexibility index (Phi) is 4.62. The predicted octanol–water partition coefficient (Wildman–Crippen LogP) is 3.24. The zero-order chi connectivity index (χ0) is 18.8. The number of fused-ring (bicyclic) bond motifs is 1. The van der Waals surface area contributed by atoms with Crippen LogP contribution in [0.25, 0.3) is 5.52 Å². The van der Waals surface area contributed by atoms with Crippen molar-refractivity contribution in [3.8, 4) is 0 Å². The Morgan fingerprint density at radius 3 is 2.41 bits per heavy atom. The fourth-order valence-corrected chi connectivity index (χ4v) is 3.51. The number of anilines is 1. The maximum absolute atomic E-state index is 13.1. The van der Waals surface area contributed by atoms with Gasteiger partial charge in [-0.05, 0) is 43.5 Å². The number of carbonyl (C=O) groups excluding carboxylic acids is 2. The molecule has 3 heterocycles. The van der Waals surface area contributed by atoms with Gasteiger partial charge in [-0.3, -0.25) is 14.0 Å². The molecular weight excluding hydrogens is 340 g/mol. The van der Waals surface area contributed by atoms with Crippen LogP contribution in [0, 0.1) is 0 Å². The number of pyridine rings is 1. The largest absolute Gasteiger partial charge is 0.337 e. The van der Waals surface area contributed by atoms with Crippen LogP contribution in [0.2, 0.25) is 0 Å². The Hall–Kier alpha value is -3.15. The highest BCUT2D eigenvalue weighted by atomic mass is 16.2. The number of nitrogens with zero attached hydrogens (tertiary/aromatic N) is 4. The summed E-state index contributed by atoms with van der Waals surface area (Å²) in [6, 6.07) is 14.9. The zero-order valence-electron chi connectivity index (χ0n) is 15.3. The minimum Gasteiger partial charge on any atom is -0.337 e. The molecule has 4 rings (SSSR count). The number of amides is 2. The monoisotopic (exact) mass is 362 g/mol. The summed E-state index contributed by atoms with van der Waals surface area (Å²) < 4.78 is 1.71. The van der Waals surface area contributed by atoms with Crippen LogP contribution in [0.15, 0.2) is 54.7 Å². The van der Waals surface area contributed by atoms with Gasteiger partial charge < -0.3 is 9.80 Å². The quantitative estimate of drug-likeness (QED) is 0.719. The van der Waals surface area contributed by atoms with E-state index in [1.165, 1.54) is 0 Å². The minimum atomic E-state index is -0.250. The fourth-order valence-electron chi connectivity index (χ4n) is 3.51. The third-order valence-corrected chi connectivity index (χ3v) is 5.03. The smallest absolute Gasteiger partial charge is 0.294 e. The first-order valence-electron chi connectivity index (χ1n) is 9.26. The Morgan fingerprint density at radius 2 is 1.67 bits per heavy atom. The molecule has 2 amide bonds. The summed E-state index contributed by atoms with van der Waals surface area (Å²) in [6.07, 6.45) is 4.96. The number of hydrogen-bond acceptors (Lipinski definition) is 3. The molecule has 1 aliphatic rings. The lowest BCUT2D eigenvalue weighted by Gasteiger charge is -2.25. The van der Waals surface area contributed by atoms with Crippen LogP contribution < -0.4 is 4.90 Å². The van der Waals surface area contributed by atoms with Gasteiger partial charge in [-0.25, -0.2) is 4.98 Å². The molecule has 138 valence electrons. The van der Waals surface area contributed by atoms with E-state index in [9.17, 15) is 9.59 Å². The molecule has 1 aliphatic heterocycles. The van der Waals surface area contributed by atoms with E-state index in [1.54, 1.807) is 22.5 Å². The van der Waals surface area contributed by atoms with Crippen LogP contribution in [0.5, 0.6) is 0 Å². The Balaban J connectivity index is 1.73. The van der Waals surface area contributed by atoms with Gasteiger partial charge in [-0.15, -0.1) is 0 Å². The van der Waals surface area contributed by atoms with E-state index in [1.807, 2.05) is 53.4 Å². The number of imidazole rings is 1. The lowest BCUT2D eigenvalue weighted by atomic mass is 10.1. The standard InChI is InChI=1S/C21H22N4O2/c1-23(16-10-4-2-5-11-16)21(27)19-22-18(17-12-6-9-15-25(17)19)20(26)24-13-7-3-8-14-24/h2,4-6,9-12,15H,3,7-8,13-14H2,1H3. The van der Waals surface area contributed by atoms with Gasteiger partial charge in [-0.1, -0.05) is 24.3 Å². The molecule has 3 aromatic rings. The van der Waals surface area contributed by atoms with E-state index in [0.29, 0.717) is 11.2 Å². The van der Waals surface area contributed by atoms with Crippen LogP contribution in [0.3, 0.4) is 0 Å². The Labute approximate surface area is 158 Å². The van der Waals surface area contributed by atoms with E-state index >= 15 is 0 Å². The second-order valence-electron chi connectivity index (χ2n) is 6.79. The van der Waals surface area contributed by atoms with Crippen LogP contribution in [0.4, 0.5) is 5.69 Å². The normalized spacial score (nSPS) is 14.3. The molecule has 2 aromatic heterocycles. The molecule has 0 N–H and O–H groups in total. The summed E-state index contributed by atoms with van der Waals surface area (Å²) in [7, 11) is 1.72. The molecule has 0 bridgehead atoms. The number of para-hydroxylation sites is 1. The number of rotatable bonds is 3. The highest BCUT2D eigenvalue weighted by molar-refractivity contribution is 6.07. The van der Waals surface area contributed by atoms with E-state index in [0.717, 1.165) is 38.0 Å². The number of hydrogen-bond donors (Lipinski definition) is 0. The summed E-state index contributed by atoms with van der Waals surface area (Å²) in [5.74, 6) is -0.0998. The van der Waals surface area contributed by atoms with Gasteiger partial charge in [0.25, 0.3) is 11.8 Å². The van der Waals surface area contributed by atoms with Gasteiger partial charge >= 0.3 is 0 Å². The molecule has 6 nitrogen and oxygen atoms in total. The number of benzene rings is 1. The second-order valence-corrected chi connectivity index (χ2v) is 6.79. The van der Waals surface area contributed by atoms with Gasteiger partial charge in [0.1, 0.15) is 0 Å². The number of piperidine rings is 1. The van der Waals surface area contributed by atoms with Crippen molar-refractivity contribution in [2.75, 3.05) is 25.0 Å². The van der Waals surface area contributed by atoms with Gasteiger partial charge in [0, 0.05) is 32.0 Å². The van der Waals surface area contributed by atoms with Crippen molar-refractivity contribution < 1.29 is 9.59 Å². The van der Waals surface area contributed by atoms with E-state index < -0.39 is 0 Å². The van der Waals surface area contributed by atoms with Crippen molar-refractivity contribution in [1.82, 2.24) is 14.3 Å². The topological polar surface area (TPSA) is 57.9 Å². The lowest BCUT2D eigenvalue weighted by Crippen LogP contribution is -2.36. The van der Waals surface area contributed by atoms with Gasteiger partial charge in [-0.2, -0.15) is 0 Å². The number of likely N-dealkylation sites (tertiary alicyclic amines) is 1. The van der Waals surface area contributed by atoms with E-state index in [-0.39, 0.29) is 17.6 Å². The van der Waals surface area contributed by atoms with Gasteiger partial charge in [0.15, 0.2) is 5.69 Å². The maximum Gasteiger partial charge on any atom is 0.294 e. The van der Waals surface area contributed by atoms with Crippen LogP contribution >= 0.6 is 0 Å². The highest BCUT2D eigenvalue weighted by Crippen LogP contribution is 2.20. The molecule has 0 aliphatic carbocycles. The molecule has 1 aromatic carbocycles. The molecule has 0 radical (unpaired) electrons. The van der Waals surface area contributed by atoms with Crippen molar-refractivity contribution in [1.29, 1.82) is 0 Å². The summed E-state index contributed by atoms with van der Waals surface area (Å²) in [6.45, 7) is 1.50. The zero-order valence-corrected chi connectivity index (χ0v) is 15.3. The van der Waals surface area contributed by atoms with Crippen molar-refractivity contribution >= 4 is 23.0 Å². The Bertz CT molecular complexity index is 974. The fraction of sp³-hybridized carbons (Fsp3) is 0.286. The third kappa shape index (κ3) is 3.18. The molecule has 0 unspecified atom stereocenters. The highest BCUT2D eigenvalue weighted by Gasteiger charge is 2.27. The number of aromatic nitrogens is 2. The first-order chi connectivity index (χ1) is 13.2. The van der Waals surface area contributed by atoms with E-state index in [4.69, 9.17) is 0 Å². The van der Waals surface area contributed by atoms with Crippen LogP contribution in [-0.4, -0.2) is 46.2 Å². The van der Waals surface area contributed by atoms with E-state index in [2.05, 4.69) is 4.98 Å². The summed E-state index contributed by atoms with van der Waals surface area (Å²) in [4.78, 5) is 34.0. The van der Waals surface area contributed by atoms with Crippen LogP contribution in [0.1, 0.15) is 40.4 Å². The molecule has 1 fully saturated rings. The SMILES string of the molecule is CN(C(=O)c1nc(C(=O)N2CCCCC2)c2ccccn12)c1ccccc1. The molecular formula is C21H22N4O2. The van der Waals surface area contributed by atoms with Gasteiger partial charge in [0.2, 0.25) is 5.82 Å². The van der Waals surface area contributed by atoms with Crippen molar-refractivity contribution in [2.24, 2.45) is 0 Å². The molecule has 0 atom stereocenters. The summed E-state index contributed by atoms with van der Waals surface area (Å²) in [5.41, 5.74) is 1.79. The maximum atomic E-state index is 13.1. The minimum absolute atomic E-state index is 0.0974. The average molecular weight is 362 g/mol. The van der Waals surface area contributed by atoms with Crippen LogP contribution in [-0.2, 0) is 0 Å². The molecule has 6 heteroatoms. The third-order valence-electron chi connectivity index (χ3n) is 5.03. The van der Waals surface area contributed by atoms with Crippen molar-refractivity contribution in [2.45, 2.75) is 19.3 Å². The predicted molar refractivity (Wildman–Crippen MR) is 104 cm³/mol. The summed E-state index contributed by atoms with van der Waals surface area (Å²) in [5, 5.41) is 0. The van der Waals surface area contributed by atoms with Crippen molar-refractivity contribution in [3.05, 3.63) is 66.2 Å². The molecule has 0 spiro atoms. The first-order valence-corrected chi connectivity index (χ1v) is 9.26. The lowest BCUT2D eigenvalue weighted by molar-refractivity contribution is 0.0721. The molecule has 1 saturated heterocycles. The molecule has 0 saturated carbocycles.